The highest BCUT2D eigenvalue weighted by Crippen LogP contribution is 2.18. The molecule has 0 N–H and O–H groups in total. The van der Waals surface area contributed by atoms with Gasteiger partial charge in [0.05, 0.1) is 22.7 Å². The van der Waals surface area contributed by atoms with Crippen molar-refractivity contribution in [3.05, 3.63) is 29.6 Å². The van der Waals surface area contributed by atoms with E-state index >= 15 is 0 Å². The minimum atomic E-state index is 0.554. The number of aromatic nitrogens is 2. The Bertz CT molecular complexity index is 627. The van der Waals surface area contributed by atoms with Gasteiger partial charge >= 0.3 is 0 Å². The van der Waals surface area contributed by atoms with Crippen LogP contribution in [0.3, 0.4) is 0 Å². The van der Waals surface area contributed by atoms with Gasteiger partial charge in [0.1, 0.15) is 5.82 Å². The molecule has 0 fully saturated rings. The van der Waals surface area contributed by atoms with E-state index in [9.17, 15) is 0 Å². The zero-order valence-electron chi connectivity index (χ0n) is 11.9. The van der Waals surface area contributed by atoms with Crippen LogP contribution in [0.4, 0.5) is 0 Å². The van der Waals surface area contributed by atoms with Gasteiger partial charge in [-0.2, -0.15) is 5.26 Å². The van der Waals surface area contributed by atoms with Crippen LogP contribution in [-0.4, -0.2) is 40.5 Å². The van der Waals surface area contributed by atoms with Crippen LogP contribution < -0.4 is 0 Å². The van der Waals surface area contributed by atoms with Crippen LogP contribution in [0.1, 0.15) is 18.3 Å². The minimum Gasteiger partial charge on any atom is -0.327 e. The normalized spacial score (nSPS) is 11.2. The second-order valence-corrected chi connectivity index (χ2v) is 5.21. The van der Waals surface area contributed by atoms with Crippen LogP contribution in [0.2, 0.25) is 0 Å². The SMILES string of the molecule is CCN(C)CCn1c(CCCl)nc2ccc(C#N)cc21. The predicted molar refractivity (Wildman–Crippen MR) is 82.0 cm³/mol. The Hall–Kier alpha value is -1.57. The second-order valence-electron chi connectivity index (χ2n) is 4.83. The summed E-state index contributed by atoms with van der Waals surface area (Å²) in [6.07, 6.45) is 0.744. The molecule has 2 aromatic rings. The second kappa shape index (κ2) is 6.74. The van der Waals surface area contributed by atoms with Crippen LogP contribution in [-0.2, 0) is 13.0 Å². The van der Waals surface area contributed by atoms with E-state index < -0.39 is 0 Å². The summed E-state index contributed by atoms with van der Waals surface area (Å²) in [7, 11) is 2.10. The number of benzene rings is 1. The third-order valence-electron chi connectivity index (χ3n) is 3.52. The summed E-state index contributed by atoms with van der Waals surface area (Å²) in [4.78, 5) is 6.89. The standard InChI is InChI=1S/C15H19ClN4/c1-3-19(2)8-9-20-14-10-12(11-17)4-5-13(14)18-15(20)6-7-16/h4-5,10H,3,6-9H2,1-2H3. The van der Waals surface area contributed by atoms with E-state index in [0.717, 1.165) is 42.9 Å². The molecule has 0 unspecified atom stereocenters. The maximum absolute atomic E-state index is 9.05. The number of alkyl halides is 1. The largest absolute Gasteiger partial charge is 0.327 e. The molecule has 20 heavy (non-hydrogen) atoms. The molecule has 5 heteroatoms. The average Bonchev–Trinajstić information content (AvgIpc) is 2.81. The maximum Gasteiger partial charge on any atom is 0.111 e. The van der Waals surface area contributed by atoms with Crippen molar-refractivity contribution in [1.82, 2.24) is 14.5 Å². The Morgan fingerprint density at radius 3 is 2.90 bits per heavy atom. The Morgan fingerprint density at radius 1 is 1.45 bits per heavy atom. The Balaban J connectivity index is 2.40. The molecule has 0 spiro atoms. The fourth-order valence-corrected chi connectivity index (χ4v) is 2.36. The van der Waals surface area contributed by atoms with Gasteiger partial charge in [0.25, 0.3) is 0 Å². The van der Waals surface area contributed by atoms with Crippen LogP contribution in [0, 0.1) is 11.3 Å². The van der Waals surface area contributed by atoms with Gasteiger partial charge in [-0.1, -0.05) is 6.92 Å². The molecule has 0 radical (unpaired) electrons. The van der Waals surface area contributed by atoms with E-state index in [4.69, 9.17) is 16.9 Å². The van der Waals surface area contributed by atoms with Crippen molar-refractivity contribution < 1.29 is 0 Å². The Kier molecular flexibility index (Phi) is 4.99. The summed E-state index contributed by atoms with van der Waals surface area (Å²) >= 11 is 5.87. The molecule has 2 rings (SSSR count). The van der Waals surface area contributed by atoms with Crippen molar-refractivity contribution in [2.45, 2.75) is 19.9 Å². The van der Waals surface area contributed by atoms with Gasteiger partial charge in [-0.3, -0.25) is 0 Å². The summed E-state index contributed by atoms with van der Waals surface area (Å²) in [5.41, 5.74) is 2.62. The van der Waals surface area contributed by atoms with E-state index in [0.29, 0.717) is 11.4 Å². The number of aryl methyl sites for hydroxylation is 1. The van der Waals surface area contributed by atoms with Gasteiger partial charge in [0, 0.05) is 25.4 Å². The highest BCUT2D eigenvalue weighted by atomic mass is 35.5. The Morgan fingerprint density at radius 2 is 2.25 bits per heavy atom. The monoisotopic (exact) mass is 290 g/mol. The molecular weight excluding hydrogens is 272 g/mol. The van der Waals surface area contributed by atoms with Crippen molar-refractivity contribution in [3.63, 3.8) is 0 Å². The maximum atomic E-state index is 9.05. The fraction of sp³-hybridized carbons (Fsp3) is 0.467. The minimum absolute atomic E-state index is 0.554. The van der Waals surface area contributed by atoms with Crippen molar-refractivity contribution in [2.24, 2.45) is 0 Å². The molecule has 0 aliphatic carbocycles. The highest BCUT2D eigenvalue weighted by molar-refractivity contribution is 6.17. The fourth-order valence-electron chi connectivity index (χ4n) is 2.20. The molecule has 1 aromatic heterocycles. The van der Waals surface area contributed by atoms with E-state index in [2.05, 4.69) is 34.5 Å². The number of hydrogen-bond donors (Lipinski definition) is 0. The zero-order valence-corrected chi connectivity index (χ0v) is 12.7. The molecule has 0 bridgehead atoms. The van der Waals surface area contributed by atoms with Crippen LogP contribution >= 0.6 is 11.6 Å². The van der Waals surface area contributed by atoms with Gasteiger partial charge in [-0.05, 0) is 31.8 Å². The van der Waals surface area contributed by atoms with E-state index in [-0.39, 0.29) is 0 Å². The van der Waals surface area contributed by atoms with Gasteiger partial charge in [0.15, 0.2) is 0 Å². The summed E-state index contributed by atoms with van der Waals surface area (Å²) < 4.78 is 2.19. The van der Waals surface area contributed by atoms with Crippen molar-refractivity contribution in [1.29, 1.82) is 5.26 Å². The van der Waals surface area contributed by atoms with Gasteiger partial charge in [-0.15, -0.1) is 11.6 Å². The number of rotatable bonds is 6. The van der Waals surface area contributed by atoms with Gasteiger partial charge < -0.3 is 9.47 Å². The smallest absolute Gasteiger partial charge is 0.111 e. The predicted octanol–water partition coefficient (Wildman–Crippen LogP) is 2.64. The van der Waals surface area contributed by atoms with Gasteiger partial charge in [-0.25, -0.2) is 4.98 Å². The molecular formula is C15H19ClN4. The lowest BCUT2D eigenvalue weighted by Crippen LogP contribution is -2.23. The summed E-state index contributed by atoms with van der Waals surface area (Å²) in [5.74, 6) is 1.55. The van der Waals surface area contributed by atoms with Crippen LogP contribution in [0.25, 0.3) is 11.0 Å². The number of nitrogens with zero attached hydrogens (tertiary/aromatic N) is 4. The average molecular weight is 291 g/mol. The third-order valence-corrected chi connectivity index (χ3v) is 3.71. The number of imidazole rings is 1. The molecule has 0 aliphatic heterocycles. The first-order valence-electron chi connectivity index (χ1n) is 6.83. The number of likely N-dealkylation sites (N-methyl/N-ethyl adjacent to an activating group) is 1. The topological polar surface area (TPSA) is 44.9 Å². The number of hydrogen-bond acceptors (Lipinski definition) is 3. The molecule has 1 heterocycles. The molecule has 0 saturated heterocycles. The molecule has 106 valence electrons. The third kappa shape index (κ3) is 3.12. The van der Waals surface area contributed by atoms with E-state index in [1.807, 2.05) is 18.2 Å². The van der Waals surface area contributed by atoms with Crippen LogP contribution in [0.5, 0.6) is 0 Å². The Labute approximate surface area is 124 Å². The van der Waals surface area contributed by atoms with Crippen molar-refractivity contribution >= 4 is 22.6 Å². The molecule has 0 aliphatic rings. The number of nitriles is 1. The lowest BCUT2D eigenvalue weighted by atomic mass is 10.2. The molecule has 1 aromatic carbocycles. The summed E-state index contributed by atoms with van der Waals surface area (Å²) in [6, 6.07) is 7.81. The zero-order chi connectivity index (χ0) is 14.5. The molecule has 0 saturated carbocycles. The van der Waals surface area contributed by atoms with Gasteiger partial charge in [0.2, 0.25) is 0 Å². The summed E-state index contributed by atoms with van der Waals surface area (Å²) in [6.45, 7) is 4.97. The first-order valence-corrected chi connectivity index (χ1v) is 7.36. The van der Waals surface area contributed by atoms with Crippen molar-refractivity contribution in [3.8, 4) is 6.07 Å². The van der Waals surface area contributed by atoms with Crippen LogP contribution in [0.15, 0.2) is 18.2 Å². The number of halogens is 1. The molecule has 0 atom stereocenters. The first-order chi connectivity index (χ1) is 9.69. The summed E-state index contributed by atoms with van der Waals surface area (Å²) in [5, 5.41) is 9.05. The molecule has 0 amide bonds. The van der Waals surface area contributed by atoms with Crippen molar-refractivity contribution in [2.75, 3.05) is 26.0 Å². The van der Waals surface area contributed by atoms with E-state index in [1.165, 1.54) is 0 Å². The lowest BCUT2D eigenvalue weighted by Gasteiger charge is -2.16. The molecule has 4 nitrogen and oxygen atoms in total. The number of fused-ring (bicyclic) bond motifs is 1. The highest BCUT2D eigenvalue weighted by Gasteiger charge is 2.11. The first kappa shape index (κ1) is 14.8. The lowest BCUT2D eigenvalue weighted by molar-refractivity contribution is 0.335. The van der Waals surface area contributed by atoms with E-state index in [1.54, 1.807) is 0 Å². The quantitative estimate of drug-likeness (QED) is 0.768.